The van der Waals surface area contributed by atoms with E-state index in [9.17, 15) is 9.59 Å². The number of ether oxygens (including phenoxy) is 4. The van der Waals surface area contributed by atoms with Crippen molar-refractivity contribution in [2.45, 2.75) is 26.3 Å². The van der Waals surface area contributed by atoms with Gasteiger partial charge in [0.05, 0.1) is 29.5 Å². The Hall–Kier alpha value is -3.85. The number of carbonyl (C=O) groups is 1. The van der Waals surface area contributed by atoms with Crippen molar-refractivity contribution in [3.05, 3.63) is 84.5 Å². The molecule has 0 saturated heterocycles. The molecule has 0 amide bonds. The van der Waals surface area contributed by atoms with E-state index in [2.05, 4.69) is 4.99 Å². The molecule has 0 radical (unpaired) electrons. The average molecular weight is 493 g/mol. The summed E-state index contributed by atoms with van der Waals surface area (Å²) in [5.41, 5.74) is 2.05. The van der Waals surface area contributed by atoms with E-state index in [-0.39, 0.29) is 12.4 Å². The van der Waals surface area contributed by atoms with Crippen molar-refractivity contribution < 1.29 is 23.7 Å². The lowest BCUT2D eigenvalue weighted by Gasteiger charge is -2.26. The number of aromatic nitrogens is 1. The van der Waals surface area contributed by atoms with Gasteiger partial charge in [0, 0.05) is 5.56 Å². The normalized spacial score (nSPS) is 16.7. The minimum atomic E-state index is -0.731. The smallest absolute Gasteiger partial charge is 0.338 e. The summed E-state index contributed by atoms with van der Waals surface area (Å²) in [5, 5.41) is 0. The van der Waals surface area contributed by atoms with Crippen LogP contribution in [0.15, 0.2) is 63.5 Å². The van der Waals surface area contributed by atoms with Crippen molar-refractivity contribution >= 4 is 23.4 Å². The number of benzene rings is 2. The summed E-state index contributed by atoms with van der Waals surface area (Å²) in [7, 11) is 1.32. The maximum absolute atomic E-state index is 13.7. The van der Waals surface area contributed by atoms with Crippen LogP contribution in [-0.4, -0.2) is 31.0 Å². The highest BCUT2D eigenvalue weighted by Crippen LogP contribution is 2.36. The average Bonchev–Trinajstić information content (AvgIpc) is 3.45. The third-order valence-electron chi connectivity index (χ3n) is 5.80. The van der Waals surface area contributed by atoms with Gasteiger partial charge in [-0.3, -0.25) is 9.36 Å². The van der Waals surface area contributed by atoms with Crippen LogP contribution in [0.2, 0.25) is 0 Å². The lowest BCUT2D eigenvalue weighted by molar-refractivity contribution is -0.136. The highest BCUT2D eigenvalue weighted by molar-refractivity contribution is 7.07. The largest absolute Gasteiger partial charge is 0.493 e. The molecule has 1 aromatic heterocycles. The second-order valence-corrected chi connectivity index (χ2v) is 9.08. The van der Waals surface area contributed by atoms with E-state index >= 15 is 0 Å². The maximum atomic E-state index is 13.7. The first kappa shape index (κ1) is 22.9. The van der Waals surface area contributed by atoms with Gasteiger partial charge in [0.25, 0.3) is 5.56 Å². The van der Waals surface area contributed by atoms with Gasteiger partial charge in [0.2, 0.25) is 6.79 Å². The summed E-state index contributed by atoms with van der Waals surface area (Å²) >= 11 is 1.27. The highest BCUT2D eigenvalue weighted by Gasteiger charge is 2.34. The minimum absolute atomic E-state index is 0.177. The van der Waals surface area contributed by atoms with Gasteiger partial charge in [0.1, 0.15) is 11.8 Å². The predicted molar refractivity (Wildman–Crippen MR) is 131 cm³/mol. The van der Waals surface area contributed by atoms with E-state index in [4.69, 9.17) is 18.9 Å². The Kier molecular flexibility index (Phi) is 6.17. The number of fused-ring (bicyclic) bond motifs is 2. The van der Waals surface area contributed by atoms with Crippen LogP contribution >= 0.6 is 11.3 Å². The van der Waals surface area contributed by atoms with Crippen molar-refractivity contribution in [2.75, 3.05) is 20.5 Å². The third kappa shape index (κ3) is 4.12. The van der Waals surface area contributed by atoms with E-state index in [1.165, 1.54) is 18.4 Å². The van der Waals surface area contributed by atoms with Crippen molar-refractivity contribution in [1.82, 2.24) is 4.57 Å². The number of methoxy groups -OCH3 is 1. The number of rotatable bonds is 6. The zero-order chi connectivity index (χ0) is 24.5. The predicted octanol–water partition coefficient (Wildman–Crippen LogP) is 2.93. The standard InChI is InChI=1S/C26H24N2O6S/c1-4-11-32-18-8-6-5-7-17(18)23-22(25(30)31-3)15(2)27-26-28(23)24(29)21(35-26)13-16-9-10-19-20(12-16)34-14-33-19/h5-10,12-13,23H,4,11,14H2,1-3H3/b21-13+. The van der Waals surface area contributed by atoms with Gasteiger partial charge in [-0.15, -0.1) is 0 Å². The molecule has 180 valence electrons. The molecular weight excluding hydrogens is 468 g/mol. The second kappa shape index (κ2) is 9.42. The van der Waals surface area contributed by atoms with Crippen LogP contribution in [0.4, 0.5) is 0 Å². The Morgan fingerprint density at radius 3 is 2.83 bits per heavy atom. The van der Waals surface area contributed by atoms with Gasteiger partial charge in [-0.1, -0.05) is 42.5 Å². The van der Waals surface area contributed by atoms with Gasteiger partial charge in [-0.25, -0.2) is 9.79 Å². The van der Waals surface area contributed by atoms with E-state index < -0.39 is 12.0 Å². The topological polar surface area (TPSA) is 88.4 Å². The first-order valence-corrected chi connectivity index (χ1v) is 12.1. The summed E-state index contributed by atoms with van der Waals surface area (Å²) in [4.78, 5) is 31.7. The van der Waals surface area contributed by atoms with Crippen molar-refractivity contribution in [3.8, 4) is 17.2 Å². The fraction of sp³-hybridized carbons (Fsp3) is 0.269. The number of esters is 1. The van der Waals surface area contributed by atoms with Gasteiger partial charge >= 0.3 is 5.97 Å². The molecule has 0 aliphatic carbocycles. The Labute approximate surface area is 205 Å². The first-order valence-electron chi connectivity index (χ1n) is 11.2. The molecular formula is C26H24N2O6S. The number of para-hydroxylation sites is 1. The SMILES string of the molecule is CCCOc1ccccc1C1C(C(=O)OC)=C(C)N=c2s/c(=C/c3ccc4c(c3)OCO4)c(=O)n21. The molecule has 2 aliphatic rings. The molecule has 8 nitrogen and oxygen atoms in total. The molecule has 0 saturated carbocycles. The first-order chi connectivity index (χ1) is 17.0. The Bertz CT molecular complexity index is 1520. The van der Waals surface area contributed by atoms with E-state index in [0.717, 1.165) is 12.0 Å². The van der Waals surface area contributed by atoms with Crippen LogP contribution in [-0.2, 0) is 9.53 Å². The maximum Gasteiger partial charge on any atom is 0.338 e. The highest BCUT2D eigenvalue weighted by atomic mass is 32.1. The van der Waals surface area contributed by atoms with Crippen LogP contribution in [0.25, 0.3) is 6.08 Å². The molecule has 3 heterocycles. The Morgan fingerprint density at radius 1 is 1.23 bits per heavy atom. The Balaban J connectivity index is 1.70. The summed E-state index contributed by atoms with van der Waals surface area (Å²) in [6.45, 7) is 4.46. The zero-order valence-corrected chi connectivity index (χ0v) is 20.4. The van der Waals surface area contributed by atoms with Crippen LogP contribution in [0, 0.1) is 0 Å². The van der Waals surface area contributed by atoms with Gasteiger partial charge in [-0.05, 0) is 43.2 Å². The number of hydrogen-bond donors (Lipinski definition) is 0. The second-order valence-electron chi connectivity index (χ2n) is 8.07. The number of allylic oxidation sites excluding steroid dienone is 1. The molecule has 2 aromatic carbocycles. The summed E-state index contributed by atoms with van der Waals surface area (Å²) in [6.07, 6.45) is 2.62. The summed E-state index contributed by atoms with van der Waals surface area (Å²) in [6, 6.07) is 12.2. The molecule has 0 fully saturated rings. The number of hydrogen-bond acceptors (Lipinski definition) is 8. The van der Waals surface area contributed by atoms with Crippen molar-refractivity contribution in [3.63, 3.8) is 0 Å². The summed E-state index contributed by atoms with van der Waals surface area (Å²) < 4.78 is 24.0. The lowest BCUT2D eigenvalue weighted by Crippen LogP contribution is -2.40. The van der Waals surface area contributed by atoms with Gasteiger partial charge in [-0.2, -0.15) is 0 Å². The number of nitrogens with zero attached hydrogens (tertiary/aromatic N) is 2. The molecule has 35 heavy (non-hydrogen) atoms. The van der Waals surface area contributed by atoms with Crippen LogP contribution in [0.5, 0.6) is 17.2 Å². The fourth-order valence-corrected chi connectivity index (χ4v) is 5.24. The van der Waals surface area contributed by atoms with Crippen molar-refractivity contribution in [1.29, 1.82) is 0 Å². The van der Waals surface area contributed by atoms with E-state index in [1.54, 1.807) is 17.6 Å². The molecule has 2 aliphatic heterocycles. The molecule has 1 unspecified atom stereocenters. The molecule has 0 N–H and O–H groups in total. The zero-order valence-electron chi connectivity index (χ0n) is 19.6. The number of thiazole rings is 1. The molecule has 5 rings (SSSR count). The number of carbonyl (C=O) groups excluding carboxylic acids is 1. The van der Waals surface area contributed by atoms with Gasteiger partial charge < -0.3 is 18.9 Å². The monoisotopic (exact) mass is 492 g/mol. The third-order valence-corrected chi connectivity index (χ3v) is 6.78. The fourth-order valence-electron chi connectivity index (χ4n) is 4.19. The molecule has 3 aromatic rings. The molecule has 0 bridgehead atoms. The van der Waals surface area contributed by atoms with E-state index in [1.807, 2.05) is 49.4 Å². The Morgan fingerprint density at radius 2 is 2.03 bits per heavy atom. The molecule has 0 spiro atoms. The van der Waals surface area contributed by atoms with Crippen LogP contribution in [0.3, 0.4) is 0 Å². The lowest BCUT2D eigenvalue weighted by atomic mass is 9.95. The van der Waals surface area contributed by atoms with Gasteiger partial charge in [0.15, 0.2) is 16.3 Å². The minimum Gasteiger partial charge on any atom is -0.493 e. The van der Waals surface area contributed by atoms with Crippen molar-refractivity contribution in [2.24, 2.45) is 4.99 Å². The quantitative estimate of drug-likeness (QED) is 0.492. The molecule has 1 atom stereocenters. The summed E-state index contributed by atoms with van der Waals surface area (Å²) in [5.74, 6) is 1.38. The van der Waals surface area contributed by atoms with Crippen LogP contribution < -0.4 is 29.1 Å². The molecule has 9 heteroatoms. The van der Waals surface area contributed by atoms with Crippen LogP contribution in [0.1, 0.15) is 37.4 Å². The van der Waals surface area contributed by atoms with E-state index in [0.29, 0.717) is 50.0 Å².